The van der Waals surface area contributed by atoms with Gasteiger partial charge in [0.15, 0.2) is 0 Å². The highest BCUT2D eigenvalue weighted by atomic mass is 35.5. The molecule has 5 heteroatoms. The van der Waals surface area contributed by atoms with E-state index in [0.29, 0.717) is 10.2 Å². The molecule has 0 atom stereocenters. The van der Waals surface area contributed by atoms with Crippen molar-refractivity contribution in [2.75, 3.05) is 0 Å². The van der Waals surface area contributed by atoms with Crippen molar-refractivity contribution in [3.63, 3.8) is 0 Å². The minimum absolute atomic E-state index is 0.461. The number of rotatable bonds is 1. The van der Waals surface area contributed by atoms with Crippen molar-refractivity contribution in [1.82, 2.24) is 14.8 Å². The molecule has 0 radical (unpaired) electrons. The lowest BCUT2D eigenvalue weighted by molar-refractivity contribution is 0.743. The Kier molecular flexibility index (Phi) is 2.67. The molecule has 2 aromatic rings. The standard InChI is InChI=1S/C10H9Cl2N3/c1-6-9(12)10(14-15(6)2)7-3-4-8(11)13-5-7/h3-5H,1-2H3. The molecule has 0 aliphatic rings. The van der Waals surface area contributed by atoms with Crippen LogP contribution in [0.4, 0.5) is 0 Å². The summed E-state index contributed by atoms with van der Waals surface area (Å²) in [6, 6.07) is 3.57. The molecule has 0 aliphatic carbocycles. The monoisotopic (exact) mass is 241 g/mol. The zero-order chi connectivity index (χ0) is 11.0. The molecule has 0 aliphatic heterocycles. The fourth-order valence-electron chi connectivity index (χ4n) is 1.28. The highest BCUT2D eigenvalue weighted by Gasteiger charge is 2.12. The smallest absolute Gasteiger partial charge is 0.129 e. The van der Waals surface area contributed by atoms with Gasteiger partial charge in [0.05, 0.1) is 10.7 Å². The summed E-state index contributed by atoms with van der Waals surface area (Å²) in [5.41, 5.74) is 2.54. The van der Waals surface area contributed by atoms with Crippen LogP contribution in [0.15, 0.2) is 18.3 Å². The van der Waals surface area contributed by atoms with Gasteiger partial charge in [-0.05, 0) is 19.1 Å². The molecule has 2 heterocycles. The van der Waals surface area contributed by atoms with Crippen LogP contribution in [-0.4, -0.2) is 14.8 Å². The Morgan fingerprint density at radius 2 is 2.00 bits per heavy atom. The van der Waals surface area contributed by atoms with Gasteiger partial charge >= 0.3 is 0 Å². The number of hydrogen-bond donors (Lipinski definition) is 0. The molecule has 78 valence electrons. The van der Waals surface area contributed by atoms with Gasteiger partial charge < -0.3 is 0 Å². The number of nitrogens with zero attached hydrogens (tertiary/aromatic N) is 3. The van der Waals surface area contributed by atoms with E-state index in [1.807, 2.05) is 20.0 Å². The Labute approximate surface area is 97.7 Å². The molecule has 0 aromatic carbocycles. The summed E-state index contributed by atoms with van der Waals surface area (Å²) in [5, 5.41) is 5.43. The quantitative estimate of drug-likeness (QED) is 0.719. The SMILES string of the molecule is Cc1c(Cl)c(-c2ccc(Cl)nc2)nn1C. The Morgan fingerprint density at radius 3 is 2.47 bits per heavy atom. The van der Waals surface area contributed by atoms with E-state index in [2.05, 4.69) is 10.1 Å². The van der Waals surface area contributed by atoms with Crippen molar-refractivity contribution < 1.29 is 0 Å². The van der Waals surface area contributed by atoms with Gasteiger partial charge in [0.2, 0.25) is 0 Å². The highest BCUT2D eigenvalue weighted by molar-refractivity contribution is 6.33. The lowest BCUT2D eigenvalue weighted by Gasteiger charge is -1.96. The maximum absolute atomic E-state index is 6.14. The van der Waals surface area contributed by atoms with E-state index >= 15 is 0 Å². The van der Waals surface area contributed by atoms with E-state index in [4.69, 9.17) is 23.2 Å². The fraction of sp³-hybridized carbons (Fsp3) is 0.200. The number of pyridine rings is 1. The van der Waals surface area contributed by atoms with Gasteiger partial charge in [-0.1, -0.05) is 23.2 Å². The minimum atomic E-state index is 0.461. The van der Waals surface area contributed by atoms with Crippen LogP contribution in [0.1, 0.15) is 5.69 Å². The van der Waals surface area contributed by atoms with E-state index in [-0.39, 0.29) is 0 Å². The highest BCUT2D eigenvalue weighted by Crippen LogP contribution is 2.28. The second kappa shape index (κ2) is 3.83. The maximum Gasteiger partial charge on any atom is 0.129 e. The van der Waals surface area contributed by atoms with Crippen LogP contribution in [0.5, 0.6) is 0 Å². The Balaban J connectivity index is 2.54. The summed E-state index contributed by atoms with van der Waals surface area (Å²) in [6.07, 6.45) is 1.66. The van der Waals surface area contributed by atoms with Crippen LogP contribution < -0.4 is 0 Å². The first kappa shape index (κ1) is 10.5. The Bertz CT molecular complexity index is 488. The van der Waals surface area contributed by atoms with Crippen LogP contribution in [-0.2, 0) is 7.05 Å². The summed E-state index contributed by atoms with van der Waals surface area (Å²) in [4.78, 5) is 3.99. The Hall–Kier alpha value is -1.06. The Morgan fingerprint density at radius 1 is 1.27 bits per heavy atom. The van der Waals surface area contributed by atoms with E-state index < -0.39 is 0 Å². The molecule has 3 nitrogen and oxygen atoms in total. The lowest BCUT2D eigenvalue weighted by Crippen LogP contribution is -1.92. The van der Waals surface area contributed by atoms with Gasteiger partial charge in [0.25, 0.3) is 0 Å². The third kappa shape index (κ3) is 1.85. The van der Waals surface area contributed by atoms with E-state index in [1.165, 1.54) is 0 Å². The molecular weight excluding hydrogens is 233 g/mol. The topological polar surface area (TPSA) is 30.7 Å². The molecule has 0 saturated heterocycles. The molecule has 0 bridgehead atoms. The van der Waals surface area contributed by atoms with Gasteiger partial charge in [-0.3, -0.25) is 4.68 Å². The summed E-state index contributed by atoms with van der Waals surface area (Å²) >= 11 is 11.8. The van der Waals surface area contributed by atoms with Crippen LogP contribution in [0.2, 0.25) is 10.2 Å². The molecule has 0 unspecified atom stereocenters. The van der Waals surface area contributed by atoms with Crippen molar-refractivity contribution in [3.8, 4) is 11.3 Å². The van der Waals surface area contributed by atoms with E-state index in [0.717, 1.165) is 17.0 Å². The molecule has 0 N–H and O–H groups in total. The third-order valence-electron chi connectivity index (χ3n) is 2.26. The first-order valence-corrected chi connectivity index (χ1v) is 5.16. The summed E-state index contributed by atoms with van der Waals surface area (Å²) in [6.45, 7) is 1.92. The van der Waals surface area contributed by atoms with Crippen molar-refractivity contribution >= 4 is 23.2 Å². The molecule has 2 aromatic heterocycles. The second-order valence-electron chi connectivity index (χ2n) is 3.24. The van der Waals surface area contributed by atoms with Crippen molar-refractivity contribution in [1.29, 1.82) is 0 Å². The average Bonchev–Trinajstić information content (AvgIpc) is 2.47. The van der Waals surface area contributed by atoms with Gasteiger partial charge in [-0.25, -0.2) is 4.98 Å². The number of aromatic nitrogens is 3. The van der Waals surface area contributed by atoms with Crippen LogP contribution >= 0.6 is 23.2 Å². The van der Waals surface area contributed by atoms with E-state index in [9.17, 15) is 0 Å². The zero-order valence-corrected chi connectivity index (χ0v) is 9.84. The van der Waals surface area contributed by atoms with Crippen LogP contribution in [0, 0.1) is 6.92 Å². The van der Waals surface area contributed by atoms with Gasteiger partial charge in [-0.2, -0.15) is 5.10 Å². The first-order valence-electron chi connectivity index (χ1n) is 4.40. The predicted molar refractivity (Wildman–Crippen MR) is 61.2 cm³/mol. The number of halogens is 2. The van der Waals surface area contributed by atoms with E-state index in [1.54, 1.807) is 16.9 Å². The normalized spacial score (nSPS) is 10.7. The first-order chi connectivity index (χ1) is 7.09. The predicted octanol–water partition coefficient (Wildman–Crippen LogP) is 3.10. The molecule has 0 fully saturated rings. The maximum atomic E-state index is 6.14. The molecule has 15 heavy (non-hydrogen) atoms. The molecule has 0 saturated carbocycles. The summed E-state index contributed by atoms with van der Waals surface area (Å²) in [7, 11) is 1.86. The average molecular weight is 242 g/mol. The largest absolute Gasteiger partial charge is 0.271 e. The fourth-order valence-corrected chi connectivity index (χ4v) is 1.66. The number of aryl methyl sites for hydroxylation is 1. The van der Waals surface area contributed by atoms with Crippen molar-refractivity contribution in [2.45, 2.75) is 6.92 Å². The summed E-state index contributed by atoms with van der Waals surface area (Å²) in [5.74, 6) is 0. The summed E-state index contributed by atoms with van der Waals surface area (Å²) < 4.78 is 1.74. The molecule has 2 rings (SSSR count). The van der Waals surface area contributed by atoms with Crippen molar-refractivity contribution in [3.05, 3.63) is 34.2 Å². The van der Waals surface area contributed by atoms with Crippen LogP contribution in [0.3, 0.4) is 0 Å². The van der Waals surface area contributed by atoms with Crippen LogP contribution in [0.25, 0.3) is 11.3 Å². The van der Waals surface area contributed by atoms with Gasteiger partial charge in [-0.15, -0.1) is 0 Å². The molecular formula is C10H9Cl2N3. The zero-order valence-electron chi connectivity index (χ0n) is 8.33. The second-order valence-corrected chi connectivity index (χ2v) is 4.01. The minimum Gasteiger partial charge on any atom is -0.271 e. The van der Waals surface area contributed by atoms with Gasteiger partial charge in [0.1, 0.15) is 10.8 Å². The van der Waals surface area contributed by atoms with Gasteiger partial charge in [0, 0.05) is 18.8 Å². The molecule has 0 amide bonds. The third-order valence-corrected chi connectivity index (χ3v) is 2.94. The number of hydrogen-bond acceptors (Lipinski definition) is 2. The lowest BCUT2D eigenvalue weighted by atomic mass is 10.2. The molecule has 0 spiro atoms. The van der Waals surface area contributed by atoms with Crippen molar-refractivity contribution in [2.24, 2.45) is 7.05 Å².